The van der Waals surface area contributed by atoms with Crippen LogP contribution in [-0.4, -0.2) is 67.8 Å². The molecule has 0 unspecified atom stereocenters. The van der Waals surface area contributed by atoms with Crippen LogP contribution < -0.4 is 20.3 Å². The Morgan fingerprint density at radius 1 is 1.08 bits per heavy atom. The number of rotatable bonds is 8. The van der Waals surface area contributed by atoms with Crippen LogP contribution >= 0.6 is 0 Å². The molecule has 2 fully saturated rings. The summed E-state index contributed by atoms with van der Waals surface area (Å²) in [7, 11) is 0. The lowest BCUT2D eigenvalue weighted by molar-refractivity contribution is -0.153. The van der Waals surface area contributed by atoms with Crippen LogP contribution in [0.4, 0.5) is 30.4 Å². The molecule has 0 spiro atoms. The normalized spacial score (nSPS) is 17.7. The quantitative estimate of drug-likeness (QED) is 0.538. The second-order valence-corrected chi connectivity index (χ2v) is 9.47. The highest BCUT2D eigenvalue weighted by molar-refractivity contribution is 5.94. The molecule has 0 bridgehead atoms. The van der Waals surface area contributed by atoms with Gasteiger partial charge in [-0.3, -0.25) is 14.6 Å². The summed E-state index contributed by atoms with van der Waals surface area (Å²) in [6, 6.07) is 10.4. The Kier molecular flexibility index (Phi) is 8.56. The van der Waals surface area contributed by atoms with E-state index in [0.717, 1.165) is 38.8 Å². The lowest BCUT2D eigenvalue weighted by atomic mass is 9.88. The van der Waals surface area contributed by atoms with E-state index in [1.165, 1.54) is 12.5 Å². The van der Waals surface area contributed by atoms with Gasteiger partial charge in [-0.2, -0.15) is 13.2 Å². The smallest absolute Gasteiger partial charge is 0.422 e. The fraction of sp³-hybridized carbons (Fsp3) is 0.538. The third kappa shape index (κ3) is 7.02. The van der Waals surface area contributed by atoms with Crippen molar-refractivity contribution in [2.24, 2.45) is 5.92 Å². The number of ether oxygens (including phenoxy) is 1. The zero-order valence-electron chi connectivity index (χ0n) is 20.4. The monoisotopic (exact) mass is 505 g/mol. The maximum atomic E-state index is 13.4. The topological polar surface area (TPSA) is 74.9 Å². The highest BCUT2D eigenvalue weighted by atomic mass is 19.4. The van der Waals surface area contributed by atoms with E-state index in [4.69, 9.17) is 10.5 Å². The Bertz CT molecular complexity index is 991. The van der Waals surface area contributed by atoms with Crippen molar-refractivity contribution >= 4 is 23.1 Å². The van der Waals surface area contributed by atoms with E-state index in [-0.39, 0.29) is 17.6 Å². The van der Waals surface area contributed by atoms with Gasteiger partial charge in [-0.05, 0) is 37.1 Å². The number of hydrogen-bond acceptors (Lipinski definition) is 6. The van der Waals surface area contributed by atoms with E-state index in [2.05, 4.69) is 9.88 Å². The molecule has 0 radical (unpaired) electrons. The van der Waals surface area contributed by atoms with Gasteiger partial charge in [-0.25, -0.2) is 4.98 Å². The number of nitrogens with zero attached hydrogens (tertiary/aromatic N) is 4. The Morgan fingerprint density at radius 2 is 1.83 bits per heavy atom. The maximum absolute atomic E-state index is 13.4. The van der Waals surface area contributed by atoms with Crippen LogP contribution in [0.15, 0.2) is 42.6 Å². The first-order valence-electron chi connectivity index (χ1n) is 12.6. The molecule has 1 aliphatic carbocycles. The first-order chi connectivity index (χ1) is 17.3. The number of nitrogens with two attached hydrogens (primary N) is 1. The summed E-state index contributed by atoms with van der Waals surface area (Å²) in [4.78, 5) is 23.9. The minimum absolute atomic E-state index is 0.0539. The number of alkyl halides is 3. The Morgan fingerprint density at radius 3 is 2.50 bits per heavy atom. The molecule has 1 aliphatic heterocycles. The first-order valence-corrected chi connectivity index (χ1v) is 12.6. The summed E-state index contributed by atoms with van der Waals surface area (Å²) in [5, 5.41) is 0. The van der Waals surface area contributed by atoms with Gasteiger partial charge in [0.1, 0.15) is 11.6 Å². The summed E-state index contributed by atoms with van der Waals surface area (Å²) in [5.41, 5.74) is 6.75. The predicted octanol–water partition coefficient (Wildman–Crippen LogP) is 4.34. The average molecular weight is 506 g/mol. The number of carbonyl (C=O) groups excluding carboxylic acids is 1. The van der Waals surface area contributed by atoms with Crippen molar-refractivity contribution in [2.45, 2.75) is 38.3 Å². The van der Waals surface area contributed by atoms with E-state index in [1.807, 2.05) is 28.0 Å². The van der Waals surface area contributed by atoms with Crippen molar-refractivity contribution in [3.8, 4) is 5.75 Å². The highest BCUT2D eigenvalue weighted by Gasteiger charge is 2.30. The number of piperazine rings is 1. The van der Waals surface area contributed by atoms with Crippen LogP contribution in [0.5, 0.6) is 5.75 Å². The third-order valence-corrected chi connectivity index (χ3v) is 6.87. The van der Waals surface area contributed by atoms with E-state index >= 15 is 0 Å². The van der Waals surface area contributed by atoms with Gasteiger partial charge in [0.15, 0.2) is 6.61 Å². The van der Waals surface area contributed by atoms with Crippen LogP contribution in [0.2, 0.25) is 0 Å². The lowest BCUT2D eigenvalue weighted by Crippen LogP contribution is -2.50. The molecular formula is C26H34F3N5O2. The highest BCUT2D eigenvalue weighted by Crippen LogP contribution is 2.33. The molecule has 2 heterocycles. The molecule has 4 rings (SSSR count). The summed E-state index contributed by atoms with van der Waals surface area (Å²) >= 11 is 0. The van der Waals surface area contributed by atoms with Crippen LogP contribution in [0, 0.1) is 5.92 Å². The van der Waals surface area contributed by atoms with Crippen molar-refractivity contribution < 1.29 is 22.7 Å². The van der Waals surface area contributed by atoms with E-state index in [0.29, 0.717) is 43.4 Å². The fourth-order valence-corrected chi connectivity index (χ4v) is 4.94. The van der Waals surface area contributed by atoms with E-state index in [9.17, 15) is 18.0 Å². The Hall–Kier alpha value is -3.01. The van der Waals surface area contributed by atoms with Gasteiger partial charge >= 0.3 is 6.18 Å². The molecule has 0 atom stereocenters. The molecule has 36 heavy (non-hydrogen) atoms. The molecule has 1 saturated heterocycles. The number of carbonyl (C=O) groups is 1. The standard InChI is InChI=1S/C26H34F3N5O2/c27-26(28,29)19-36-23-18-21(30)9-10-22(23)33-15-12-32(13-16-33)14-17-34(24-8-4-5-11-31-24)25(35)20-6-2-1-3-7-20/h4-5,8-11,18,20H,1-3,6-7,12-17,19,30H2. The molecule has 2 aromatic rings. The van der Waals surface area contributed by atoms with E-state index in [1.54, 1.807) is 18.3 Å². The molecule has 10 heteroatoms. The van der Waals surface area contributed by atoms with Gasteiger partial charge in [0.2, 0.25) is 5.91 Å². The molecule has 1 aromatic carbocycles. The summed E-state index contributed by atoms with van der Waals surface area (Å²) in [6.45, 7) is 2.59. The zero-order chi connectivity index (χ0) is 25.5. The summed E-state index contributed by atoms with van der Waals surface area (Å²) in [5.74, 6) is 1.03. The molecular weight excluding hydrogens is 471 g/mol. The molecule has 1 saturated carbocycles. The molecule has 1 amide bonds. The average Bonchev–Trinajstić information content (AvgIpc) is 2.89. The fourth-order valence-electron chi connectivity index (χ4n) is 4.94. The Labute approximate surface area is 210 Å². The van der Waals surface area contributed by atoms with Gasteiger partial charge in [0.05, 0.1) is 5.69 Å². The van der Waals surface area contributed by atoms with Gasteiger partial charge < -0.3 is 15.4 Å². The minimum Gasteiger partial charge on any atom is -0.482 e. The van der Waals surface area contributed by atoms with Crippen molar-refractivity contribution in [3.05, 3.63) is 42.6 Å². The Balaban J connectivity index is 1.36. The van der Waals surface area contributed by atoms with E-state index < -0.39 is 12.8 Å². The zero-order valence-corrected chi connectivity index (χ0v) is 20.4. The second kappa shape index (κ2) is 11.8. The third-order valence-electron chi connectivity index (χ3n) is 6.87. The molecule has 7 nitrogen and oxygen atoms in total. The number of halogens is 3. The number of amides is 1. The van der Waals surface area contributed by atoms with Crippen LogP contribution in [-0.2, 0) is 4.79 Å². The number of anilines is 3. The van der Waals surface area contributed by atoms with Crippen molar-refractivity contribution in [3.63, 3.8) is 0 Å². The van der Waals surface area contributed by atoms with Crippen LogP contribution in [0.3, 0.4) is 0 Å². The van der Waals surface area contributed by atoms with Crippen LogP contribution in [0.25, 0.3) is 0 Å². The lowest BCUT2D eigenvalue weighted by Gasteiger charge is -2.38. The number of benzene rings is 1. The van der Waals surface area contributed by atoms with Gasteiger partial charge in [0.25, 0.3) is 0 Å². The minimum atomic E-state index is -4.42. The predicted molar refractivity (Wildman–Crippen MR) is 134 cm³/mol. The van der Waals surface area contributed by atoms with Crippen LogP contribution in [0.1, 0.15) is 32.1 Å². The van der Waals surface area contributed by atoms with Gasteiger partial charge in [-0.1, -0.05) is 25.3 Å². The first kappa shape index (κ1) is 26.1. The van der Waals surface area contributed by atoms with Crippen molar-refractivity contribution in [2.75, 3.05) is 61.4 Å². The molecule has 196 valence electrons. The molecule has 2 N–H and O–H groups in total. The SMILES string of the molecule is Nc1ccc(N2CCN(CCN(C(=O)C3CCCCC3)c3ccccn3)CC2)c(OCC(F)(F)F)c1. The largest absolute Gasteiger partial charge is 0.482 e. The number of hydrogen-bond donors (Lipinski definition) is 1. The molecule has 1 aromatic heterocycles. The van der Waals surface area contributed by atoms with Crippen molar-refractivity contribution in [1.82, 2.24) is 9.88 Å². The van der Waals surface area contributed by atoms with Crippen molar-refractivity contribution in [1.29, 1.82) is 0 Å². The number of pyridine rings is 1. The number of aromatic nitrogens is 1. The second-order valence-electron chi connectivity index (χ2n) is 9.47. The van der Waals surface area contributed by atoms with Gasteiger partial charge in [-0.15, -0.1) is 0 Å². The van der Waals surface area contributed by atoms with Gasteiger partial charge in [0, 0.05) is 63.1 Å². The summed E-state index contributed by atoms with van der Waals surface area (Å²) in [6.07, 6.45) is 2.52. The number of nitrogen functional groups attached to an aromatic ring is 1. The maximum Gasteiger partial charge on any atom is 0.422 e. The summed E-state index contributed by atoms with van der Waals surface area (Å²) < 4.78 is 43.2. The molecule has 2 aliphatic rings.